The summed E-state index contributed by atoms with van der Waals surface area (Å²) in [6, 6.07) is 9.26. The summed E-state index contributed by atoms with van der Waals surface area (Å²) in [6.45, 7) is 2.03. The molecule has 0 spiro atoms. The van der Waals surface area contributed by atoms with Crippen LogP contribution in [0.3, 0.4) is 0 Å². The van der Waals surface area contributed by atoms with E-state index >= 15 is 0 Å². The Balaban J connectivity index is 2.94. The Morgan fingerprint density at radius 3 is 2.76 bits per heavy atom. The minimum absolute atomic E-state index is 0.0288. The molecular formula is C14H17NO2. The predicted octanol–water partition coefficient (Wildman–Crippen LogP) is 3.06. The van der Waals surface area contributed by atoms with Crippen LogP contribution in [0.5, 0.6) is 5.75 Å². The van der Waals surface area contributed by atoms with Gasteiger partial charge in [-0.1, -0.05) is 31.5 Å². The van der Waals surface area contributed by atoms with E-state index in [2.05, 4.69) is 6.07 Å². The number of hydrogen-bond acceptors (Lipinski definition) is 3. The summed E-state index contributed by atoms with van der Waals surface area (Å²) in [4.78, 5) is 11.9. The van der Waals surface area contributed by atoms with Gasteiger partial charge in [-0.15, -0.1) is 0 Å². The second-order valence-electron chi connectivity index (χ2n) is 3.87. The number of benzene rings is 1. The highest BCUT2D eigenvalue weighted by molar-refractivity contribution is 5.89. The minimum atomic E-state index is -0.710. The first kappa shape index (κ1) is 13.2. The van der Waals surface area contributed by atoms with Crippen LogP contribution in [0.1, 0.15) is 37.7 Å². The third-order valence-electron chi connectivity index (χ3n) is 2.68. The first-order valence-corrected chi connectivity index (χ1v) is 5.79. The van der Waals surface area contributed by atoms with Crippen molar-refractivity contribution < 1.29 is 9.53 Å². The second-order valence-corrected chi connectivity index (χ2v) is 3.87. The molecule has 1 rings (SSSR count). The minimum Gasteiger partial charge on any atom is -0.496 e. The highest BCUT2D eigenvalue weighted by Crippen LogP contribution is 2.27. The van der Waals surface area contributed by atoms with Crippen molar-refractivity contribution in [1.29, 1.82) is 5.26 Å². The molecule has 90 valence electrons. The fraction of sp³-hybridized carbons (Fsp3) is 0.429. The van der Waals surface area contributed by atoms with Gasteiger partial charge in [0.2, 0.25) is 0 Å². The monoisotopic (exact) mass is 231 g/mol. The molecule has 17 heavy (non-hydrogen) atoms. The highest BCUT2D eigenvalue weighted by Gasteiger charge is 2.22. The molecule has 3 heteroatoms. The fourth-order valence-electron chi connectivity index (χ4n) is 1.72. The Morgan fingerprint density at radius 1 is 1.47 bits per heavy atom. The molecule has 0 aliphatic carbocycles. The molecule has 0 saturated carbocycles. The zero-order chi connectivity index (χ0) is 12.7. The molecule has 0 fully saturated rings. The molecule has 0 aliphatic heterocycles. The average molecular weight is 231 g/mol. The molecule has 0 saturated heterocycles. The number of carbonyl (C=O) groups is 1. The molecular weight excluding hydrogens is 214 g/mol. The lowest BCUT2D eigenvalue weighted by Gasteiger charge is -2.12. The Morgan fingerprint density at radius 2 is 2.18 bits per heavy atom. The van der Waals surface area contributed by atoms with E-state index in [1.807, 2.05) is 19.1 Å². The zero-order valence-electron chi connectivity index (χ0n) is 10.3. The Kier molecular flexibility index (Phi) is 5.22. The number of carbonyl (C=O) groups excluding carboxylic acids is 1. The molecule has 3 nitrogen and oxygen atoms in total. The molecule has 0 N–H and O–H groups in total. The molecule has 1 aromatic carbocycles. The first-order chi connectivity index (χ1) is 8.24. The zero-order valence-corrected chi connectivity index (χ0v) is 10.3. The van der Waals surface area contributed by atoms with E-state index < -0.39 is 5.92 Å². The maximum absolute atomic E-state index is 11.9. The van der Waals surface area contributed by atoms with Gasteiger partial charge in [-0.25, -0.2) is 0 Å². The highest BCUT2D eigenvalue weighted by atomic mass is 16.5. The van der Waals surface area contributed by atoms with E-state index in [0.717, 1.165) is 12.8 Å². The van der Waals surface area contributed by atoms with Crippen molar-refractivity contribution in [1.82, 2.24) is 0 Å². The maximum atomic E-state index is 11.9. The van der Waals surface area contributed by atoms with E-state index in [9.17, 15) is 4.79 Å². The van der Waals surface area contributed by atoms with Crippen LogP contribution < -0.4 is 4.74 Å². The fourth-order valence-corrected chi connectivity index (χ4v) is 1.72. The molecule has 0 aromatic heterocycles. The second kappa shape index (κ2) is 6.70. The third-order valence-corrected chi connectivity index (χ3v) is 2.68. The number of methoxy groups -OCH3 is 1. The summed E-state index contributed by atoms with van der Waals surface area (Å²) < 4.78 is 5.18. The topological polar surface area (TPSA) is 50.1 Å². The number of nitriles is 1. The van der Waals surface area contributed by atoms with Crippen molar-refractivity contribution in [3.05, 3.63) is 29.8 Å². The predicted molar refractivity (Wildman–Crippen MR) is 65.9 cm³/mol. The molecule has 1 unspecified atom stereocenters. The molecule has 0 amide bonds. The van der Waals surface area contributed by atoms with E-state index in [1.165, 1.54) is 0 Å². The summed E-state index contributed by atoms with van der Waals surface area (Å²) in [5.74, 6) is -0.138. The van der Waals surface area contributed by atoms with E-state index in [1.54, 1.807) is 19.2 Å². The number of ether oxygens (including phenoxy) is 1. The van der Waals surface area contributed by atoms with Gasteiger partial charge < -0.3 is 4.74 Å². The Bertz CT molecular complexity index is 420. The van der Waals surface area contributed by atoms with Crippen LogP contribution in [0.2, 0.25) is 0 Å². The Hall–Kier alpha value is -1.82. The summed E-state index contributed by atoms with van der Waals surface area (Å²) in [6.07, 6.45) is 2.23. The third kappa shape index (κ3) is 3.32. The molecule has 0 radical (unpaired) electrons. The smallest absolute Gasteiger partial charge is 0.154 e. The van der Waals surface area contributed by atoms with Crippen molar-refractivity contribution in [3.8, 4) is 11.8 Å². The summed E-state index contributed by atoms with van der Waals surface area (Å²) >= 11 is 0. The summed E-state index contributed by atoms with van der Waals surface area (Å²) in [5.41, 5.74) is 0.665. The number of rotatable bonds is 6. The van der Waals surface area contributed by atoms with Crippen LogP contribution in [0, 0.1) is 11.3 Å². The SMILES string of the molecule is CCCCC(=O)C(C#N)c1ccccc1OC. The molecule has 1 atom stereocenters. The van der Waals surface area contributed by atoms with E-state index in [4.69, 9.17) is 10.00 Å². The molecule has 0 aliphatic rings. The van der Waals surface area contributed by atoms with Crippen LogP contribution >= 0.6 is 0 Å². The lowest BCUT2D eigenvalue weighted by molar-refractivity contribution is -0.119. The normalized spacial score (nSPS) is 11.6. The number of para-hydroxylation sites is 1. The van der Waals surface area contributed by atoms with Crippen LogP contribution in [0.15, 0.2) is 24.3 Å². The van der Waals surface area contributed by atoms with E-state index in [0.29, 0.717) is 17.7 Å². The Labute approximate surface area is 102 Å². The van der Waals surface area contributed by atoms with Crippen LogP contribution in [0.25, 0.3) is 0 Å². The van der Waals surface area contributed by atoms with Gasteiger partial charge in [0.1, 0.15) is 11.7 Å². The first-order valence-electron chi connectivity index (χ1n) is 5.79. The van der Waals surface area contributed by atoms with Gasteiger partial charge in [-0.2, -0.15) is 5.26 Å². The number of unbranched alkanes of at least 4 members (excludes halogenated alkanes) is 1. The molecule has 0 heterocycles. The van der Waals surface area contributed by atoms with Crippen LogP contribution in [-0.2, 0) is 4.79 Å². The van der Waals surface area contributed by atoms with Gasteiger partial charge in [-0.3, -0.25) is 4.79 Å². The van der Waals surface area contributed by atoms with Gasteiger partial charge in [0, 0.05) is 12.0 Å². The quantitative estimate of drug-likeness (QED) is 0.756. The summed E-state index contributed by atoms with van der Waals surface area (Å²) in [7, 11) is 1.55. The number of ketones is 1. The largest absolute Gasteiger partial charge is 0.496 e. The molecule has 0 bridgehead atoms. The van der Waals surface area contributed by atoms with Crippen LogP contribution in [0.4, 0.5) is 0 Å². The van der Waals surface area contributed by atoms with Crippen molar-refractivity contribution in [2.24, 2.45) is 0 Å². The number of hydrogen-bond donors (Lipinski definition) is 0. The van der Waals surface area contributed by atoms with Crippen molar-refractivity contribution >= 4 is 5.78 Å². The lowest BCUT2D eigenvalue weighted by Crippen LogP contribution is -2.11. The summed E-state index contributed by atoms with van der Waals surface area (Å²) in [5, 5.41) is 9.14. The van der Waals surface area contributed by atoms with Crippen molar-refractivity contribution in [2.45, 2.75) is 32.1 Å². The van der Waals surface area contributed by atoms with Crippen molar-refractivity contribution in [2.75, 3.05) is 7.11 Å². The number of Topliss-reactive ketones (excluding diaryl/α,β-unsaturated/α-hetero) is 1. The van der Waals surface area contributed by atoms with Gasteiger partial charge in [-0.05, 0) is 12.5 Å². The number of nitrogens with zero attached hydrogens (tertiary/aromatic N) is 1. The lowest BCUT2D eigenvalue weighted by atomic mass is 9.92. The van der Waals surface area contributed by atoms with E-state index in [-0.39, 0.29) is 5.78 Å². The van der Waals surface area contributed by atoms with Gasteiger partial charge in [0.15, 0.2) is 5.78 Å². The van der Waals surface area contributed by atoms with Gasteiger partial charge >= 0.3 is 0 Å². The van der Waals surface area contributed by atoms with Gasteiger partial charge in [0.25, 0.3) is 0 Å². The standard InChI is InChI=1S/C14H17NO2/c1-3-4-8-13(16)12(10-15)11-7-5-6-9-14(11)17-2/h5-7,9,12H,3-4,8H2,1-2H3. The van der Waals surface area contributed by atoms with Crippen LogP contribution in [-0.4, -0.2) is 12.9 Å². The maximum Gasteiger partial charge on any atom is 0.154 e. The average Bonchev–Trinajstić information content (AvgIpc) is 2.37. The van der Waals surface area contributed by atoms with Crippen molar-refractivity contribution in [3.63, 3.8) is 0 Å². The van der Waals surface area contributed by atoms with Gasteiger partial charge in [0.05, 0.1) is 13.2 Å². The molecule has 1 aromatic rings.